The van der Waals surface area contributed by atoms with Crippen molar-refractivity contribution in [2.24, 2.45) is 35.5 Å². The van der Waals surface area contributed by atoms with Crippen LogP contribution in [0.1, 0.15) is 90.4 Å². The first-order chi connectivity index (χ1) is 16.6. The lowest BCUT2D eigenvalue weighted by atomic mass is 9.69. The fourth-order valence-electron chi connectivity index (χ4n) is 6.54. The molecule has 0 aliphatic heterocycles. The van der Waals surface area contributed by atoms with E-state index in [1.54, 1.807) is 0 Å². The van der Waals surface area contributed by atoms with Gasteiger partial charge in [-0.1, -0.05) is 26.2 Å². The van der Waals surface area contributed by atoms with Crippen molar-refractivity contribution in [3.05, 3.63) is 23.8 Å². The summed E-state index contributed by atoms with van der Waals surface area (Å²) in [6.45, 7) is 3.12. The molecule has 3 aliphatic rings. The van der Waals surface area contributed by atoms with Gasteiger partial charge in [0, 0.05) is 5.92 Å². The van der Waals surface area contributed by atoms with Crippen LogP contribution in [0.5, 0.6) is 11.5 Å². The van der Waals surface area contributed by atoms with Gasteiger partial charge >= 0.3 is 0 Å². The third-order valence-corrected chi connectivity index (χ3v) is 9.07. The smallest absolute Gasteiger partial charge is 0.204 e. The van der Waals surface area contributed by atoms with E-state index in [2.05, 4.69) is 6.92 Å². The minimum absolute atomic E-state index is 0.0173. The van der Waals surface area contributed by atoms with Crippen LogP contribution in [0.4, 0.5) is 8.78 Å². The molecule has 4 rings (SSSR count). The molecule has 0 heterocycles. The average Bonchev–Trinajstić information content (AvgIpc) is 2.89. The van der Waals surface area contributed by atoms with E-state index in [9.17, 15) is 13.6 Å². The molecule has 0 saturated heterocycles. The van der Waals surface area contributed by atoms with Crippen LogP contribution in [0.3, 0.4) is 0 Å². The first kappa shape index (κ1) is 25.4. The summed E-state index contributed by atoms with van der Waals surface area (Å²) in [4.78, 5) is 10.9. The number of halogens is 2. The van der Waals surface area contributed by atoms with Gasteiger partial charge in [-0.3, -0.25) is 0 Å². The number of ether oxygens (including phenoxy) is 2. The van der Waals surface area contributed by atoms with Crippen molar-refractivity contribution in [2.75, 3.05) is 13.2 Å². The standard InChI is InChI=1S/C29H42F2O3/c1-2-20-7-11-24(12-8-20)25-13-9-23(10-14-25)19-34-27-16-15-26(28(30)29(27)31)33-18-22-5-3-21(17-32)4-6-22/h15-17,20-25H,2-14,18-19H2,1H3. The van der Waals surface area contributed by atoms with E-state index >= 15 is 0 Å². The molecule has 0 radical (unpaired) electrons. The predicted octanol–water partition coefficient (Wildman–Crippen LogP) is 7.75. The maximum absolute atomic E-state index is 14.6. The molecule has 0 aromatic heterocycles. The lowest BCUT2D eigenvalue weighted by molar-refractivity contribution is -0.112. The van der Waals surface area contributed by atoms with E-state index in [1.807, 2.05) is 0 Å². The molecule has 0 bridgehead atoms. The molecule has 5 heteroatoms. The van der Waals surface area contributed by atoms with Gasteiger partial charge in [0.2, 0.25) is 11.6 Å². The molecular formula is C29H42F2O3. The Morgan fingerprint density at radius 2 is 1.12 bits per heavy atom. The summed E-state index contributed by atoms with van der Waals surface area (Å²) >= 11 is 0. The number of benzene rings is 1. The molecule has 0 unspecified atom stereocenters. The van der Waals surface area contributed by atoms with Gasteiger partial charge in [0.25, 0.3) is 0 Å². The highest BCUT2D eigenvalue weighted by molar-refractivity contribution is 5.53. The molecule has 0 atom stereocenters. The second kappa shape index (κ2) is 12.4. The Balaban J connectivity index is 1.19. The van der Waals surface area contributed by atoms with Crippen molar-refractivity contribution < 1.29 is 23.0 Å². The minimum Gasteiger partial charge on any atom is -0.490 e. The van der Waals surface area contributed by atoms with Crippen molar-refractivity contribution in [3.8, 4) is 11.5 Å². The van der Waals surface area contributed by atoms with Gasteiger partial charge in [-0.2, -0.15) is 8.78 Å². The molecule has 3 saturated carbocycles. The molecule has 190 valence electrons. The minimum atomic E-state index is -0.967. The number of carbonyl (C=O) groups excluding carboxylic acids is 1. The third kappa shape index (κ3) is 6.51. The summed E-state index contributed by atoms with van der Waals surface area (Å²) in [5.41, 5.74) is 0. The van der Waals surface area contributed by atoms with E-state index < -0.39 is 11.6 Å². The first-order valence-corrected chi connectivity index (χ1v) is 13.8. The lowest BCUT2D eigenvalue weighted by Crippen LogP contribution is -2.27. The summed E-state index contributed by atoms with van der Waals surface area (Å²) in [5, 5.41) is 0. The van der Waals surface area contributed by atoms with Gasteiger partial charge in [-0.15, -0.1) is 0 Å². The topological polar surface area (TPSA) is 35.5 Å². The SMILES string of the molecule is CCC1CCC(C2CCC(COc3ccc(OCC4CCC(C=O)CC4)c(F)c3F)CC2)CC1. The number of aldehydes is 1. The molecule has 3 nitrogen and oxygen atoms in total. The summed E-state index contributed by atoms with van der Waals surface area (Å²) in [5.74, 6) is 1.52. The average molecular weight is 477 g/mol. The number of rotatable bonds is 9. The fraction of sp³-hybridized carbons (Fsp3) is 0.759. The number of hydrogen-bond donors (Lipinski definition) is 0. The Morgan fingerprint density at radius 3 is 1.53 bits per heavy atom. The van der Waals surface area contributed by atoms with Crippen LogP contribution < -0.4 is 9.47 Å². The van der Waals surface area contributed by atoms with Gasteiger partial charge < -0.3 is 14.3 Å². The van der Waals surface area contributed by atoms with Crippen LogP contribution in [0.25, 0.3) is 0 Å². The molecule has 3 aliphatic carbocycles. The molecule has 0 spiro atoms. The van der Waals surface area contributed by atoms with Gasteiger partial charge in [0.1, 0.15) is 6.29 Å². The highest BCUT2D eigenvalue weighted by Crippen LogP contribution is 2.42. The quantitative estimate of drug-likeness (QED) is 0.342. The van der Waals surface area contributed by atoms with E-state index in [4.69, 9.17) is 9.47 Å². The van der Waals surface area contributed by atoms with Crippen LogP contribution in [-0.2, 0) is 4.79 Å². The van der Waals surface area contributed by atoms with E-state index in [0.29, 0.717) is 19.1 Å². The van der Waals surface area contributed by atoms with Crippen molar-refractivity contribution in [3.63, 3.8) is 0 Å². The summed E-state index contributed by atoms with van der Waals surface area (Å²) in [7, 11) is 0. The molecule has 1 aromatic carbocycles. The van der Waals surface area contributed by atoms with Crippen LogP contribution in [0.15, 0.2) is 12.1 Å². The lowest BCUT2D eigenvalue weighted by Gasteiger charge is -2.37. The van der Waals surface area contributed by atoms with Gasteiger partial charge in [0.15, 0.2) is 11.5 Å². The highest BCUT2D eigenvalue weighted by atomic mass is 19.2. The maximum Gasteiger partial charge on any atom is 0.204 e. The Kier molecular flexibility index (Phi) is 9.24. The van der Waals surface area contributed by atoms with Crippen molar-refractivity contribution in [1.29, 1.82) is 0 Å². The maximum atomic E-state index is 14.6. The molecule has 0 amide bonds. The fourth-order valence-corrected chi connectivity index (χ4v) is 6.54. The van der Waals surface area contributed by atoms with E-state index in [1.165, 1.54) is 57.1 Å². The van der Waals surface area contributed by atoms with Crippen molar-refractivity contribution in [2.45, 2.75) is 90.4 Å². The van der Waals surface area contributed by atoms with Gasteiger partial charge in [0.05, 0.1) is 13.2 Å². The zero-order valence-electron chi connectivity index (χ0n) is 20.8. The highest BCUT2D eigenvalue weighted by Gasteiger charge is 2.31. The zero-order chi connectivity index (χ0) is 23.9. The summed E-state index contributed by atoms with van der Waals surface area (Å²) in [6, 6.07) is 2.98. The molecule has 3 fully saturated rings. The second-order valence-corrected chi connectivity index (χ2v) is 11.2. The molecular weight excluding hydrogens is 434 g/mol. The molecule has 1 aromatic rings. The monoisotopic (exact) mass is 476 g/mol. The summed E-state index contributed by atoms with van der Waals surface area (Å²) in [6.07, 6.45) is 16.1. The summed E-state index contributed by atoms with van der Waals surface area (Å²) < 4.78 is 40.5. The zero-order valence-corrected chi connectivity index (χ0v) is 20.8. The van der Waals surface area contributed by atoms with E-state index in [0.717, 1.165) is 62.6 Å². The van der Waals surface area contributed by atoms with Crippen molar-refractivity contribution >= 4 is 6.29 Å². The number of hydrogen-bond acceptors (Lipinski definition) is 3. The second-order valence-electron chi connectivity index (χ2n) is 11.2. The van der Waals surface area contributed by atoms with Gasteiger partial charge in [-0.25, -0.2) is 0 Å². The Bertz CT molecular complexity index is 774. The predicted molar refractivity (Wildman–Crippen MR) is 130 cm³/mol. The van der Waals surface area contributed by atoms with Crippen molar-refractivity contribution in [1.82, 2.24) is 0 Å². The molecule has 34 heavy (non-hydrogen) atoms. The van der Waals surface area contributed by atoms with Crippen LogP contribution in [-0.4, -0.2) is 19.5 Å². The Labute approximate surface area is 204 Å². The van der Waals surface area contributed by atoms with Crippen LogP contribution >= 0.6 is 0 Å². The Morgan fingerprint density at radius 1 is 0.706 bits per heavy atom. The Hall–Kier alpha value is -1.65. The molecule has 0 N–H and O–H groups in total. The normalized spacial score (nSPS) is 32.2. The van der Waals surface area contributed by atoms with Gasteiger partial charge in [-0.05, 0) is 106 Å². The third-order valence-electron chi connectivity index (χ3n) is 9.07. The van der Waals surface area contributed by atoms with E-state index in [-0.39, 0.29) is 23.3 Å². The van der Waals surface area contributed by atoms with Crippen LogP contribution in [0.2, 0.25) is 0 Å². The first-order valence-electron chi connectivity index (χ1n) is 13.8. The number of carbonyl (C=O) groups is 1. The largest absolute Gasteiger partial charge is 0.490 e. The van der Waals surface area contributed by atoms with Crippen LogP contribution in [0, 0.1) is 47.1 Å².